The van der Waals surface area contributed by atoms with Crippen molar-refractivity contribution < 1.29 is 14.6 Å². The summed E-state index contributed by atoms with van der Waals surface area (Å²) in [6.45, 7) is 2.34. The van der Waals surface area contributed by atoms with Gasteiger partial charge in [0.05, 0.1) is 6.54 Å². The van der Waals surface area contributed by atoms with Crippen LogP contribution in [0, 0.1) is 5.92 Å². The number of para-hydroxylation sites is 1. The molecule has 1 fully saturated rings. The highest BCUT2D eigenvalue weighted by Gasteiger charge is 2.20. The van der Waals surface area contributed by atoms with Crippen LogP contribution in [0.4, 0.5) is 5.69 Å². The highest BCUT2D eigenvalue weighted by atomic mass is 16.5. The van der Waals surface area contributed by atoms with E-state index in [1.165, 1.54) is 0 Å². The van der Waals surface area contributed by atoms with Crippen molar-refractivity contribution in [2.75, 3.05) is 31.6 Å². The van der Waals surface area contributed by atoms with E-state index in [-0.39, 0.29) is 12.5 Å². The van der Waals surface area contributed by atoms with Crippen LogP contribution in [0.25, 0.3) is 0 Å². The summed E-state index contributed by atoms with van der Waals surface area (Å²) in [5.41, 5.74) is 0.726. The van der Waals surface area contributed by atoms with Gasteiger partial charge in [0.1, 0.15) is 11.5 Å². The Morgan fingerprint density at radius 2 is 1.80 bits per heavy atom. The molecule has 1 aliphatic rings. The van der Waals surface area contributed by atoms with Crippen LogP contribution in [0.2, 0.25) is 0 Å². The highest BCUT2D eigenvalue weighted by molar-refractivity contribution is 5.92. The maximum Gasteiger partial charge on any atom is 0.238 e. The average Bonchev–Trinajstić information content (AvgIpc) is 2.63. The first-order chi connectivity index (χ1) is 12.2. The smallest absolute Gasteiger partial charge is 0.238 e. The lowest BCUT2D eigenvalue weighted by molar-refractivity contribution is -0.117. The Morgan fingerprint density at radius 3 is 2.52 bits per heavy atom. The molecule has 1 saturated heterocycles. The van der Waals surface area contributed by atoms with E-state index in [0.717, 1.165) is 37.4 Å². The molecule has 0 bridgehead atoms. The van der Waals surface area contributed by atoms with E-state index in [0.29, 0.717) is 18.2 Å². The summed E-state index contributed by atoms with van der Waals surface area (Å²) in [5.74, 6) is 1.80. The third kappa shape index (κ3) is 5.31. The number of carbonyl (C=O) groups excluding carboxylic acids is 1. The van der Waals surface area contributed by atoms with Crippen molar-refractivity contribution in [3.63, 3.8) is 0 Å². The molecule has 1 aliphatic heterocycles. The topological polar surface area (TPSA) is 61.8 Å². The lowest BCUT2D eigenvalue weighted by atomic mass is 9.98. The van der Waals surface area contributed by atoms with Crippen LogP contribution in [0.15, 0.2) is 54.6 Å². The molecule has 5 heteroatoms. The zero-order valence-corrected chi connectivity index (χ0v) is 14.2. The number of likely N-dealkylation sites (tertiary alicyclic amines) is 1. The number of rotatable bonds is 6. The first kappa shape index (κ1) is 17.5. The zero-order chi connectivity index (χ0) is 17.5. The number of benzene rings is 2. The maximum absolute atomic E-state index is 12.3. The fraction of sp³-hybridized carbons (Fsp3) is 0.350. The zero-order valence-electron chi connectivity index (χ0n) is 14.2. The van der Waals surface area contributed by atoms with Gasteiger partial charge in [-0.2, -0.15) is 0 Å². The second-order valence-electron chi connectivity index (χ2n) is 6.39. The molecule has 0 spiro atoms. The summed E-state index contributed by atoms with van der Waals surface area (Å²) in [6, 6.07) is 17.0. The number of hydrogen-bond acceptors (Lipinski definition) is 4. The van der Waals surface area contributed by atoms with E-state index in [1.807, 2.05) is 54.6 Å². The van der Waals surface area contributed by atoms with Gasteiger partial charge in [-0.05, 0) is 56.1 Å². The van der Waals surface area contributed by atoms with Gasteiger partial charge in [0.2, 0.25) is 5.91 Å². The number of hydrogen-bond donors (Lipinski definition) is 2. The molecule has 2 aromatic rings. The third-order valence-corrected chi connectivity index (χ3v) is 4.43. The quantitative estimate of drug-likeness (QED) is 0.848. The fourth-order valence-electron chi connectivity index (χ4n) is 2.99. The summed E-state index contributed by atoms with van der Waals surface area (Å²) >= 11 is 0. The molecule has 0 unspecified atom stereocenters. The Morgan fingerprint density at radius 1 is 1.08 bits per heavy atom. The van der Waals surface area contributed by atoms with Crippen molar-refractivity contribution in [2.24, 2.45) is 5.92 Å². The minimum atomic E-state index is -0.0284. The normalized spacial score (nSPS) is 15.7. The summed E-state index contributed by atoms with van der Waals surface area (Å²) in [5, 5.41) is 12.1. The monoisotopic (exact) mass is 340 g/mol. The summed E-state index contributed by atoms with van der Waals surface area (Å²) in [7, 11) is 0. The SMILES string of the molecule is O=C(CN1CCC(CO)CC1)Nc1cccc(Oc2ccccc2)c1. The average molecular weight is 340 g/mol. The molecule has 0 saturated carbocycles. The van der Waals surface area contributed by atoms with E-state index in [2.05, 4.69) is 10.2 Å². The van der Waals surface area contributed by atoms with Crippen LogP contribution in [0.3, 0.4) is 0 Å². The van der Waals surface area contributed by atoms with Crippen molar-refractivity contribution in [3.8, 4) is 11.5 Å². The number of nitrogens with zero attached hydrogens (tertiary/aromatic N) is 1. The molecule has 0 aromatic heterocycles. The number of anilines is 1. The van der Waals surface area contributed by atoms with Crippen molar-refractivity contribution >= 4 is 11.6 Å². The van der Waals surface area contributed by atoms with Crippen LogP contribution in [0.1, 0.15) is 12.8 Å². The molecule has 132 valence electrons. The van der Waals surface area contributed by atoms with E-state index >= 15 is 0 Å². The molecule has 2 aromatic carbocycles. The van der Waals surface area contributed by atoms with Gasteiger partial charge in [-0.25, -0.2) is 0 Å². The summed E-state index contributed by atoms with van der Waals surface area (Å²) < 4.78 is 5.79. The summed E-state index contributed by atoms with van der Waals surface area (Å²) in [4.78, 5) is 14.4. The predicted octanol–water partition coefficient (Wildman–Crippen LogP) is 3.12. The van der Waals surface area contributed by atoms with Gasteiger partial charge in [0, 0.05) is 18.4 Å². The van der Waals surface area contributed by atoms with Gasteiger partial charge < -0.3 is 15.2 Å². The van der Waals surface area contributed by atoms with Crippen molar-refractivity contribution in [3.05, 3.63) is 54.6 Å². The number of ether oxygens (including phenoxy) is 1. The molecule has 2 N–H and O–H groups in total. The molecule has 0 aliphatic carbocycles. The fourth-order valence-corrected chi connectivity index (χ4v) is 2.99. The van der Waals surface area contributed by atoms with Crippen molar-refractivity contribution in [2.45, 2.75) is 12.8 Å². The van der Waals surface area contributed by atoms with Gasteiger partial charge in [0.15, 0.2) is 0 Å². The van der Waals surface area contributed by atoms with Crippen LogP contribution in [0.5, 0.6) is 11.5 Å². The molecule has 25 heavy (non-hydrogen) atoms. The number of nitrogens with one attached hydrogen (secondary N) is 1. The Balaban J connectivity index is 1.52. The van der Waals surface area contributed by atoms with Crippen molar-refractivity contribution in [1.29, 1.82) is 0 Å². The van der Waals surface area contributed by atoms with E-state index in [1.54, 1.807) is 0 Å². The molecular weight excluding hydrogens is 316 g/mol. The van der Waals surface area contributed by atoms with Gasteiger partial charge in [0.25, 0.3) is 0 Å². The van der Waals surface area contributed by atoms with E-state index in [4.69, 9.17) is 4.74 Å². The number of piperidine rings is 1. The Bertz CT molecular complexity index is 682. The van der Waals surface area contributed by atoms with Gasteiger partial charge >= 0.3 is 0 Å². The van der Waals surface area contributed by atoms with Crippen LogP contribution >= 0.6 is 0 Å². The number of carbonyl (C=O) groups is 1. The Hall–Kier alpha value is -2.37. The lowest BCUT2D eigenvalue weighted by Gasteiger charge is -2.30. The highest BCUT2D eigenvalue weighted by Crippen LogP contribution is 2.24. The Labute approximate surface area is 148 Å². The van der Waals surface area contributed by atoms with Crippen molar-refractivity contribution in [1.82, 2.24) is 4.90 Å². The number of aliphatic hydroxyl groups is 1. The minimum Gasteiger partial charge on any atom is -0.457 e. The van der Waals surface area contributed by atoms with Crippen LogP contribution in [-0.2, 0) is 4.79 Å². The second-order valence-corrected chi connectivity index (χ2v) is 6.39. The number of amides is 1. The van der Waals surface area contributed by atoms with Gasteiger partial charge in [-0.3, -0.25) is 9.69 Å². The first-order valence-corrected chi connectivity index (χ1v) is 8.69. The molecule has 0 radical (unpaired) electrons. The van der Waals surface area contributed by atoms with E-state index < -0.39 is 0 Å². The maximum atomic E-state index is 12.3. The third-order valence-electron chi connectivity index (χ3n) is 4.43. The van der Waals surface area contributed by atoms with Crippen LogP contribution < -0.4 is 10.1 Å². The Kier molecular flexibility index (Phi) is 6.04. The molecule has 5 nitrogen and oxygen atoms in total. The van der Waals surface area contributed by atoms with Gasteiger partial charge in [-0.15, -0.1) is 0 Å². The minimum absolute atomic E-state index is 0.0284. The largest absolute Gasteiger partial charge is 0.457 e. The molecule has 1 amide bonds. The first-order valence-electron chi connectivity index (χ1n) is 8.69. The molecule has 0 atom stereocenters. The molecule has 1 heterocycles. The van der Waals surface area contributed by atoms with E-state index in [9.17, 15) is 9.90 Å². The molecule has 3 rings (SSSR count). The predicted molar refractivity (Wildman–Crippen MR) is 97.8 cm³/mol. The summed E-state index contributed by atoms with van der Waals surface area (Å²) in [6.07, 6.45) is 1.90. The van der Waals surface area contributed by atoms with Crippen LogP contribution in [-0.4, -0.2) is 42.2 Å². The van der Waals surface area contributed by atoms with Gasteiger partial charge in [-0.1, -0.05) is 24.3 Å². The molecular formula is C20H24N2O3. The standard InChI is InChI=1S/C20H24N2O3/c23-15-16-9-11-22(12-10-16)14-20(24)21-17-5-4-8-19(13-17)25-18-6-2-1-3-7-18/h1-8,13,16,23H,9-12,14-15H2,(H,21,24). The lowest BCUT2D eigenvalue weighted by Crippen LogP contribution is -2.39. The number of aliphatic hydroxyl groups excluding tert-OH is 1. The second kappa shape index (κ2) is 8.65.